The van der Waals surface area contributed by atoms with Gasteiger partial charge in [0.15, 0.2) is 0 Å². The van der Waals surface area contributed by atoms with Crippen molar-refractivity contribution in [1.82, 2.24) is 10.2 Å². The molecular formula is C17H23F3N4O3S. The Kier molecular flexibility index (Phi) is 6.04. The largest absolute Gasteiger partial charge is 0.401 e. The van der Waals surface area contributed by atoms with Crippen molar-refractivity contribution in [3.05, 3.63) is 24.3 Å². The van der Waals surface area contributed by atoms with Gasteiger partial charge in [0, 0.05) is 25.3 Å². The zero-order valence-electron chi connectivity index (χ0n) is 15.2. The van der Waals surface area contributed by atoms with Crippen LogP contribution in [0.3, 0.4) is 0 Å². The van der Waals surface area contributed by atoms with Gasteiger partial charge in [-0.1, -0.05) is 6.07 Å². The van der Waals surface area contributed by atoms with Crippen molar-refractivity contribution in [3.63, 3.8) is 0 Å². The number of sulfonamides is 1. The van der Waals surface area contributed by atoms with Crippen molar-refractivity contribution in [3.8, 4) is 0 Å². The van der Waals surface area contributed by atoms with Crippen molar-refractivity contribution < 1.29 is 26.4 Å². The van der Waals surface area contributed by atoms with Crippen molar-refractivity contribution >= 4 is 27.4 Å². The molecule has 2 aliphatic heterocycles. The van der Waals surface area contributed by atoms with Crippen LogP contribution in [0.2, 0.25) is 0 Å². The van der Waals surface area contributed by atoms with Gasteiger partial charge >= 0.3 is 12.2 Å². The molecule has 1 unspecified atom stereocenters. The Morgan fingerprint density at radius 3 is 2.71 bits per heavy atom. The van der Waals surface area contributed by atoms with Crippen LogP contribution in [0.1, 0.15) is 12.8 Å². The van der Waals surface area contributed by atoms with Crippen LogP contribution in [0.25, 0.3) is 0 Å². The van der Waals surface area contributed by atoms with Crippen molar-refractivity contribution in [2.24, 2.45) is 5.92 Å². The fourth-order valence-electron chi connectivity index (χ4n) is 3.56. The number of anilines is 2. The number of halogens is 3. The number of hydrogen-bond acceptors (Lipinski definition) is 4. The van der Waals surface area contributed by atoms with Crippen LogP contribution in [0.5, 0.6) is 0 Å². The smallest absolute Gasteiger partial charge is 0.338 e. The van der Waals surface area contributed by atoms with E-state index in [1.54, 1.807) is 24.3 Å². The lowest BCUT2D eigenvalue weighted by Gasteiger charge is -2.19. The zero-order chi connectivity index (χ0) is 20.4. The summed E-state index contributed by atoms with van der Waals surface area (Å²) in [5, 5.41) is 5.31. The molecule has 156 valence electrons. The van der Waals surface area contributed by atoms with E-state index in [4.69, 9.17) is 0 Å². The van der Waals surface area contributed by atoms with E-state index < -0.39 is 28.8 Å². The number of likely N-dealkylation sites (tertiary alicyclic amines) is 1. The Morgan fingerprint density at radius 1 is 1.25 bits per heavy atom. The summed E-state index contributed by atoms with van der Waals surface area (Å²) in [5.41, 5.74) is 0.941. The van der Waals surface area contributed by atoms with E-state index in [0.717, 1.165) is 0 Å². The van der Waals surface area contributed by atoms with Crippen LogP contribution < -0.4 is 14.9 Å². The third-order valence-electron chi connectivity index (χ3n) is 4.82. The number of urea groups is 1. The minimum absolute atomic E-state index is 0.0332. The molecule has 0 bridgehead atoms. The first kappa shape index (κ1) is 20.7. The first-order chi connectivity index (χ1) is 13.1. The maximum absolute atomic E-state index is 12.4. The molecule has 0 spiro atoms. The van der Waals surface area contributed by atoms with Crippen molar-refractivity contribution in [1.29, 1.82) is 0 Å². The minimum Gasteiger partial charge on any atom is -0.338 e. The van der Waals surface area contributed by atoms with Gasteiger partial charge < -0.3 is 10.6 Å². The van der Waals surface area contributed by atoms with E-state index in [0.29, 0.717) is 43.9 Å². The maximum Gasteiger partial charge on any atom is 0.401 e. The molecule has 2 amide bonds. The summed E-state index contributed by atoms with van der Waals surface area (Å²) >= 11 is 0. The van der Waals surface area contributed by atoms with Crippen molar-refractivity contribution in [2.45, 2.75) is 19.0 Å². The van der Waals surface area contributed by atoms with Crippen molar-refractivity contribution in [2.75, 3.05) is 48.1 Å². The highest BCUT2D eigenvalue weighted by atomic mass is 32.2. The first-order valence-corrected chi connectivity index (χ1v) is 10.7. The molecular weight excluding hydrogens is 397 g/mol. The SMILES string of the molecule is O=C(NCC1CCN(CC(F)(F)F)C1)Nc1cccc(N2CCCS2(=O)=O)c1. The molecule has 2 heterocycles. The Morgan fingerprint density at radius 2 is 2.04 bits per heavy atom. The van der Waals surface area contributed by atoms with Gasteiger partial charge in [0.2, 0.25) is 10.0 Å². The molecule has 0 aliphatic carbocycles. The Bertz CT molecular complexity index is 816. The second-order valence-corrected chi connectivity index (χ2v) is 9.14. The van der Waals surface area contributed by atoms with Gasteiger partial charge in [0.05, 0.1) is 18.0 Å². The van der Waals surface area contributed by atoms with E-state index in [9.17, 15) is 26.4 Å². The van der Waals surface area contributed by atoms with E-state index in [2.05, 4.69) is 10.6 Å². The van der Waals surface area contributed by atoms with Crippen LogP contribution in [-0.2, 0) is 10.0 Å². The van der Waals surface area contributed by atoms with Gasteiger partial charge in [-0.2, -0.15) is 13.2 Å². The molecule has 0 radical (unpaired) electrons. The molecule has 0 aromatic heterocycles. The molecule has 1 aromatic carbocycles. The number of carbonyl (C=O) groups is 1. The molecule has 2 fully saturated rings. The van der Waals surface area contributed by atoms with E-state index >= 15 is 0 Å². The van der Waals surface area contributed by atoms with Crippen LogP contribution in [0, 0.1) is 5.92 Å². The monoisotopic (exact) mass is 420 g/mol. The third kappa shape index (κ3) is 5.51. The Balaban J connectivity index is 1.49. The highest BCUT2D eigenvalue weighted by Gasteiger charge is 2.34. The standard InChI is InChI=1S/C17H23F3N4O3S/c18-17(19,20)12-23-7-5-13(11-23)10-21-16(25)22-14-3-1-4-15(9-14)24-6-2-8-28(24,26)27/h1,3-4,9,13H,2,5-8,10-12H2,(H2,21,22,25). The number of amides is 2. The minimum atomic E-state index is -4.21. The van der Waals surface area contributed by atoms with Gasteiger partial charge in [0.25, 0.3) is 0 Å². The molecule has 7 nitrogen and oxygen atoms in total. The van der Waals surface area contributed by atoms with E-state index in [1.165, 1.54) is 9.21 Å². The second kappa shape index (κ2) is 8.16. The molecule has 3 rings (SSSR count). The average molecular weight is 420 g/mol. The lowest BCUT2D eigenvalue weighted by Crippen LogP contribution is -2.36. The maximum atomic E-state index is 12.4. The number of alkyl halides is 3. The van der Waals surface area contributed by atoms with E-state index in [-0.39, 0.29) is 18.2 Å². The number of hydrogen-bond donors (Lipinski definition) is 2. The molecule has 1 atom stereocenters. The fourth-order valence-corrected chi connectivity index (χ4v) is 5.11. The molecule has 2 saturated heterocycles. The quantitative estimate of drug-likeness (QED) is 0.766. The molecule has 2 N–H and O–H groups in total. The van der Waals surface area contributed by atoms with Gasteiger partial charge in [-0.25, -0.2) is 13.2 Å². The molecule has 11 heteroatoms. The molecule has 0 saturated carbocycles. The van der Waals surface area contributed by atoms with Crippen LogP contribution in [-0.4, -0.2) is 64.0 Å². The number of nitrogens with zero attached hydrogens (tertiary/aromatic N) is 2. The topological polar surface area (TPSA) is 81.8 Å². The zero-order valence-corrected chi connectivity index (χ0v) is 16.0. The normalized spacial score (nSPS) is 22.4. The lowest BCUT2D eigenvalue weighted by molar-refractivity contribution is -0.143. The van der Waals surface area contributed by atoms with Gasteiger partial charge in [-0.3, -0.25) is 9.21 Å². The lowest BCUT2D eigenvalue weighted by atomic mass is 10.1. The number of carbonyl (C=O) groups excluding carboxylic acids is 1. The summed E-state index contributed by atoms with van der Waals surface area (Å²) in [6.07, 6.45) is -3.06. The summed E-state index contributed by atoms with van der Waals surface area (Å²) in [6.45, 7) is 0.415. The van der Waals surface area contributed by atoms with Crippen LogP contribution in [0.4, 0.5) is 29.3 Å². The van der Waals surface area contributed by atoms with Gasteiger partial charge in [0.1, 0.15) is 0 Å². The average Bonchev–Trinajstić information content (AvgIpc) is 3.17. The third-order valence-corrected chi connectivity index (χ3v) is 6.68. The fraction of sp³-hybridized carbons (Fsp3) is 0.588. The Hall–Kier alpha value is -2.01. The summed E-state index contributed by atoms with van der Waals surface area (Å²) in [4.78, 5) is 13.4. The van der Waals surface area contributed by atoms with Crippen LogP contribution in [0.15, 0.2) is 24.3 Å². The number of benzene rings is 1. The second-order valence-electron chi connectivity index (χ2n) is 7.13. The summed E-state index contributed by atoms with van der Waals surface area (Å²) in [6, 6.07) is 6.08. The summed E-state index contributed by atoms with van der Waals surface area (Å²) in [7, 11) is -3.30. The summed E-state index contributed by atoms with van der Waals surface area (Å²) < 4.78 is 62.6. The summed E-state index contributed by atoms with van der Waals surface area (Å²) in [5.74, 6) is 0.0758. The number of nitrogens with one attached hydrogen (secondary N) is 2. The van der Waals surface area contributed by atoms with E-state index in [1.807, 2.05) is 0 Å². The molecule has 2 aliphatic rings. The molecule has 1 aromatic rings. The van der Waals surface area contributed by atoms with Gasteiger partial charge in [-0.05, 0) is 43.5 Å². The highest BCUT2D eigenvalue weighted by Crippen LogP contribution is 2.26. The molecule has 28 heavy (non-hydrogen) atoms. The van der Waals surface area contributed by atoms with Gasteiger partial charge in [-0.15, -0.1) is 0 Å². The number of rotatable bonds is 5. The predicted octanol–water partition coefficient (Wildman–Crippen LogP) is 2.23. The predicted molar refractivity (Wildman–Crippen MR) is 99.8 cm³/mol. The highest BCUT2D eigenvalue weighted by molar-refractivity contribution is 7.93. The first-order valence-electron chi connectivity index (χ1n) is 9.07. The Labute approximate surface area is 161 Å². The van der Waals surface area contributed by atoms with Crippen LogP contribution >= 0.6 is 0 Å².